The summed E-state index contributed by atoms with van der Waals surface area (Å²) in [5, 5.41) is 6.87. The highest BCUT2D eigenvalue weighted by atomic mass is 16.7. The Kier molecular flexibility index (Phi) is 10.5. The maximum absolute atomic E-state index is 6.94. The molecule has 0 aliphatic carbocycles. The highest BCUT2D eigenvalue weighted by molar-refractivity contribution is 5.34. The Morgan fingerprint density at radius 3 is 0.756 bits per heavy atom. The van der Waals surface area contributed by atoms with Crippen molar-refractivity contribution in [2.24, 2.45) is 0 Å². The average molecular weight is 628 g/mol. The van der Waals surface area contributed by atoms with Crippen LogP contribution in [0.1, 0.15) is 197 Å². The van der Waals surface area contributed by atoms with Crippen molar-refractivity contribution in [3.63, 3.8) is 0 Å². The highest BCUT2D eigenvalue weighted by Gasteiger charge is 2.46. The predicted octanol–water partition coefficient (Wildman–Crippen LogP) is 10.8. The van der Waals surface area contributed by atoms with E-state index in [2.05, 4.69) is 137 Å². The van der Waals surface area contributed by atoms with Crippen LogP contribution in [0.2, 0.25) is 0 Å². The van der Waals surface area contributed by atoms with Gasteiger partial charge >= 0.3 is 0 Å². The molecular formula is C39H69N3O3. The minimum absolute atomic E-state index is 0.0277. The van der Waals surface area contributed by atoms with Crippen molar-refractivity contribution >= 4 is 0 Å². The van der Waals surface area contributed by atoms with Gasteiger partial charge in [-0.15, -0.1) is 0 Å². The topological polar surface area (TPSA) is 37.4 Å². The lowest BCUT2D eigenvalue weighted by Crippen LogP contribution is -2.58. The van der Waals surface area contributed by atoms with Crippen molar-refractivity contribution in [3.05, 3.63) is 34.9 Å². The Bertz CT molecular complexity index is 967. The molecule has 0 saturated carbocycles. The van der Waals surface area contributed by atoms with Gasteiger partial charge in [-0.25, -0.2) is 0 Å². The SMILES string of the molecule is CC(ON1C(C)(C)CCCC1(C)C)c1cc(C(C)ON2C(C)(C)CCCC2(C)C)cc(C(C)ON2C(C)(C)CCCC2(C)C)c1. The van der Waals surface area contributed by atoms with E-state index in [1.807, 2.05) is 0 Å². The fourth-order valence-electron chi connectivity index (χ4n) is 8.85. The molecule has 3 heterocycles. The van der Waals surface area contributed by atoms with Crippen LogP contribution in [0.5, 0.6) is 0 Å². The van der Waals surface area contributed by atoms with Gasteiger partial charge in [0.15, 0.2) is 0 Å². The molecule has 3 saturated heterocycles. The molecule has 0 amide bonds. The Hall–Kier alpha value is -1.02. The molecule has 45 heavy (non-hydrogen) atoms. The summed E-state index contributed by atoms with van der Waals surface area (Å²) in [5.41, 5.74) is 3.33. The highest BCUT2D eigenvalue weighted by Crippen LogP contribution is 2.44. The Morgan fingerprint density at radius 1 is 0.400 bits per heavy atom. The Balaban J connectivity index is 1.70. The summed E-state index contributed by atoms with van der Waals surface area (Å²) in [5.74, 6) is 0. The van der Waals surface area contributed by atoms with Gasteiger partial charge in [0.1, 0.15) is 18.3 Å². The molecule has 3 aliphatic rings. The molecule has 0 N–H and O–H groups in total. The number of hydroxylamine groups is 6. The molecule has 3 aliphatic heterocycles. The largest absolute Gasteiger partial charge is 0.290 e. The first-order valence-corrected chi connectivity index (χ1v) is 18.0. The second-order valence-electron chi connectivity index (χ2n) is 18.5. The molecule has 6 heteroatoms. The molecule has 0 spiro atoms. The number of piperidine rings is 3. The van der Waals surface area contributed by atoms with E-state index in [-0.39, 0.29) is 51.5 Å². The van der Waals surface area contributed by atoms with E-state index >= 15 is 0 Å². The fourth-order valence-corrected chi connectivity index (χ4v) is 8.85. The Morgan fingerprint density at radius 2 is 0.578 bits per heavy atom. The second-order valence-corrected chi connectivity index (χ2v) is 18.5. The summed E-state index contributed by atoms with van der Waals surface area (Å²) < 4.78 is 0. The quantitative estimate of drug-likeness (QED) is 0.271. The van der Waals surface area contributed by atoms with E-state index in [1.165, 1.54) is 36.0 Å². The maximum Gasteiger partial charge on any atom is 0.102 e. The molecule has 258 valence electrons. The van der Waals surface area contributed by atoms with Crippen LogP contribution >= 0.6 is 0 Å². The first-order chi connectivity index (χ1) is 20.5. The van der Waals surface area contributed by atoms with Gasteiger partial charge in [0.25, 0.3) is 0 Å². The summed E-state index contributed by atoms with van der Waals surface area (Å²) in [7, 11) is 0. The Labute approximate surface area is 277 Å². The normalized spacial score (nSPS) is 28.3. The molecule has 0 bridgehead atoms. The van der Waals surface area contributed by atoms with Crippen LogP contribution < -0.4 is 0 Å². The van der Waals surface area contributed by atoms with Crippen molar-refractivity contribution in [2.75, 3.05) is 0 Å². The zero-order valence-electron chi connectivity index (χ0n) is 31.9. The molecule has 3 atom stereocenters. The first kappa shape index (κ1) is 36.8. The van der Waals surface area contributed by atoms with Gasteiger partial charge in [0.2, 0.25) is 0 Å². The van der Waals surface area contributed by atoms with Crippen LogP contribution in [0.15, 0.2) is 18.2 Å². The van der Waals surface area contributed by atoms with Crippen molar-refractivity contribution < 1.29 is 14.5 Å². The lowest BCUT2D eigenvalue weighted by molar-refractivity contribution is -0.306. The summed E-state index contributed by atoms with van der Waals surface area (Å²) in [6, 6.07) is 6.94. The monoisotopic (exact) mass is 628 g/mol. The third-order valence-electron chi connectivity index (χ3n) is 11.2. The molecule has 1 aromatic carbocycles. The van der Waals surface area contributed by atoms with Gasteiger partial charge in [0.05, 0.1) is 0 Å². The van der Waals surface area contributed by atoms with Crippen LogP contribution in [-0.4, -0.2) is 48.4 Å². The van der Waals surface area contributed by atoms with Gasteiger partial charge in [-0.3, -0.25) is 14.5 Å². The minimum atomic E-state index is -0.120. The lowest BCUT2D eigenvalue weighted by atomic mass is 9.82. The molecule has 3 fully saturated rings. The number of hydrogen-bond acceptors (Lipinski definition) is 6. The zero-order chi connectivity index (χ0) is 33.8. The van der Waals surface area contributed by atoms with E-state index in [4.69, 9.17) is 14.5 Å². The van der Waals surface area contributed by atoms with Gasteiger partial charge in [0, 0.05) is 33.2 Å². The summed E-state index contributed by atoms with van der Waals surface area (Å²) >= 11 is 0. The number of benzene rings is 1. The minimum Gasteiger partial charge on any atom is -0.290 e. The van der Waals surface area contributed by atoms with Crippen LogP contribution in [-0.2, 0) is 14.5 Å². The molecule has 4 rings (SSSR count). The zero-order valence-corrected chi connectivity index (χ0v) is 31.9. The van der Waals surface area contributed by atoms with Crippen molar-refractivity contribution in [3.8, 4) is 0 Å². The molecule has 0 aromatic heterocycles. The summed E-state index contributed by atoms with van der Waals surface area (Å²) in [4.78, 5) is 20.8. The van der Waals surface area contributed by atoms with Crippen molar-refractivity contribution in [1.29, 1.82) is 0 Å². The molecule has 6 nitrogen and oxygen atoms in total. The van der Waals surface area contributed by atoms with E-state index in [1.54, 1.807) is 0 Å². The van der Waals surface area contributed by atoms with Gasteiger partial charge in [-0.1, -0.05) is 18.2 Å². The van der Waals surface area contributed by atoms with E-state index in [9.17, 15) is 0 Å². The number of nitrogens with zero attached hydrogens (tertiary/aromatic N) is 3. The molecule has 0 radical (unpaired) electrons. The molecular weight excluding hydrogens is 558 g/mol. The van der Waals surface area contributed by atoms with Crippen LogP contribution in [0, 0.1) is 0 Å². The van der Waals surface area contributed by atoms with Crippen molar-refractivity contribution in [1.82, 2.24) is 15.2 Å². The first-order valence-electron chi connectivity index (χ1n) is 18.0. The van der Waals surface area contributed by atoms with Crippen LogP contribution in [0.25, 0.3) is 0 Å². The number of rotatable bonds is 9. The van der Waals surface area contributed by atoms with E-state index < -0.39 is 0 Å². The second kappa shape index (κ2) is 12.8. The predicted molar refractivity (Wildman–Crippen MR) is 186 cm³/mol. The van der Waals surface area contributed by atoms with Gasteiger partial charge < -0.3 is 0 Å². The van der Waals surface area contributed by atoms with Crippen molar-refractivity contribution in [2.45, 2.75) is 213 Å². The fraction of sp³-hybridized carbons (Fsp3) is 0.846. The summed E-state index contributed by atoms with van der Waals surface area (Å²) in [6.07, 6.45) is 10.1. The lowest BCUT2D eigenvalue weighted by Gasteiger charge is -2.52. The third-order valence-corrected chi connectivity index (χ3v) is 11.2. The maximum atomic E-state index is 6.94. The van der Waals surface area contributed by atoms with E-state index in [0.29, 0.717) is 0 Å². The van der Waals surface area contributed by atoms with Crippen LogP contribution in [0.4, 0.5) is 0 Å². The molecule has 1 aromatic rings. The van der Waals surface area contributed by atoms with Gasteiger partial charge in [-0.05, 0) is 178 Å². The van der Waals surface area contributed by atoms with Gasteiger partial charge in [-0.2, -0.15) is 15.2 Å². The van der Waals surface area contributed by atoms with E-state index in [0.717, 1.165) is 38.5 Å². The standard InChI is InChI=1S/C39H69N3O3/c1-28(43-40-34(4,5)19-16-20-35(40,6)7)31-25-32(29(2)44-41-36(8,9)21-17-22-37(41,10)11)27-33(26-31)30(3)45-42-38(12,13)23-18-24-39(42,14)15/h25-30H,16-24H2,1-15H3. The van der Waals surface area contributed by atoms with Crippen LogP contribution in [0.3, 0.4) is 0 Å². The smallest absolute Gasteiger partial charge is 0.102 e. The molecule has 3 unspecified atom stereocenters. The average Bonchev–Trinajstić information content (AvgIpc) is 2.89. The number of hydrogen-bond donors (Lipinski definition) is 0. The summed E-state index contributed by atoms with van der Waals surface area (Å²) in [6.45, 7) is 34.4. The third kappa shape index (κ3) is 8.00.